The van der Waals surface area contributed by atoms with E-state index < -0.39 is 0 Å². The summed E-state index contributed by atoms with van der Waals surface area (Å²) < 4.78 is 2.36. The van der Waals surface area contributed by atoms with Crippen molar-refractivity contribution in [3.8, 4) is 0 Å². The third-order valence-corrected chi connectivity index (χ3v) is 4.70. The second-order valence-electron chi connectivity index (χ2n) is 5.34. The second kappa shape index (κ2) is 9.02. The standard InChI is InChI=1S/C18H26NS/c1-2-3-4-5-6-9-15-20-16-19-14-10-12-17-11-7-8-13-18(17)19/h7-8,10-14H,2-6,9,15-16H2,1H3/q+1. The molecule has 0 amide bonds. The van der Waals surface area contributed by atoms with E-state index in [2.05, 4.69) is 54.1 Å². The maximum absolute atomic E-state index is 2.36. The van der Waals surface area contributed by atoms with Crippen LogP contribution in [0.2, 0.25) is 0 Å². The molecular formula is C18H26NS+. The first-order valence-corrected chi connectivity index (χ1v) is 9.02. The first-order valence-electron chi connectivity index (χ1n) is 7.87. The minimum absolute atomic E-state index is 1.07. The van der Waals surface area contributed by atoms with Gasteiger partial charge in [0.25, 0.3) is 0 Å². The Hall–Kier alpha value is -1.02. The van der Waals surface area contributed by atoms with E-state index in [1.54, 1.807) is 0 Å². The van der Waals surface area contributed by atoms with E-state index in [1.807, 2.05) is 11.8 Å². The van der Waals surface area contributed by atoms with Gasteiger partial charge in [-0.1, -0.05) is 62.9 Å². The van der Waals surface area contributed by atoms with E-state index in [0.29, 0.717) is 0 Å². The average molecular weight is 288 g/mol. The van der Waals surface area contributed by atoms with Crippen molar-refractivity contribution in [3.63, 3.8) is 0 Å². The van der Waals surface area contributed by atoms with Gasteiger partial charge in [-0.2, -0.15) is 4.57 Å². The SMILES string of the molecule is CCCCCCCCSC[n+]1cccc2ccccc21. The maximum Gasteiger partial charge on any atom is 0.213 e. The topological polar surface area (TPSA) is 3.88 Å². The van der Waals surface area contributed by atoms with Gasteiger partial charge in [0.2, 0.25) is 5.52 Å². The van der Waals surface area contributed by atoms with Crippen molar-refractivity contribution in [2.45, 2.75) is 51.3 Å². The van der Waals surface area contributed by atoms with Gasteiger partial charge in [0.1, 0.15) is 0 Å². The summed E-state index contributed by atoms with van der Waals surface area (Å²) in [4.78, 5) is 0. The lowest BCUT2D eigenvalue weighted by atomic mass is 10.1. The number of hydrogen-bond donors (Lipinski definition) is 0. The third kappa shape index (κ3) is 4.82. The summed E-state index contributed by atoms with van der Waals surface area (Å²) in [5.41, 5.74) is 1.34. The predicted octanol–water partition coefficient (Wildman–Crippen LogP) is 5.18. The number of pyridine rings is 1. The molecule has 1 aromatic carbocycles. The molecule has 0 atom stereocenters. The summed E-state index contributed by atoms with van der Waals surface area (Å²) in [7, 11) is 0. The lowest BCUT2D eigenvalue weighted by Crippen LogP contribution is -2.32. The molecule has 0 saturated carbocycles. The molecule has 1 nitrogen and oxygen atoms in total. The van der Waals surface area contributed by atoms with Gasteiger partial charge in [-0.15, -0.1) is 0 Å². The monoisotopic (exact) mass is 288 g/mol. The van der Waals surface area contributed by atoms with Crippen LogP contribution < -0.4 is 4.57 Å². The van der Waals surface area contributed by atoms with Crippen LogP contribution in [0.1, 0.15) is 45.4 Å². The van der Waals surface area contributed by atoms with Crippen molar-refractivity contribution < 1.29 is 4.57 Å². The molecule has 2 rings (SSSR count). The summed E-state index contributed by atoms with van der Waals surface area (Å²) in [6.45, 7) is 2.28. The highest BCUT2D eigenvalue weighted by atomic mass is 32.2. The Labute approximate surface area is 127 Å². The van der Waals surface area contributed by atoms with Crippen LogP contribution in [0.25, 0.3) is 10.9 Å². The molecule has 0 aliphatic heterocycles. The number of thioether (sulfide) groups is 1. The highest BCUT2D eigenvalue weighted by Gasteiger charge is 2.06. The molecule has 0 N–H and O–H groups in total. The fraction of sp³-hybridized carbons (Fsp3) is 0.500. The van der Waals surface area contributed by atoms with Crippen LogP contribution in [0.15, 0.2) is 42.6 Å². The largest absolute Gasteiger partial charge is 0.213 e. The lowest BCUT2D eigenvalue weighted by molar-refractivity contribution is -0.649. The Morgan fingerprint density at radius 3 is 2.55 bits per heavy atom. The zero-order chi connectivity index (χ0) is 14.0. The summed E-state index contributed by atoms with van der Waals surface area (Å²) in [6.07, 6.45) is 10.5. The first-order chi connectivity index (χ1) is 9.92. The molecule has 0 aliphatic rings. The molecule has 0 unspecified atom stereocenters. The number of rotatable bonds is 9. The van der Waals surface area contributed by atoms with Crippen molar-refractivity contribution in [2.75, 3.05) is 5.75 Å². The zero-order valence-corrected chi connectivity index (χ0v) is 13.4. The van der Waals surface area contributed by atoms with E-state index in [4.69, 9.17) is 0 Å². The van der Waals surface area contributed by atoms with Gasteiger partial charge in [-0.3, -0.25) is 0 Å². The van der Waals surface area contributed by atoms with Gasteiger partial charge in [0.15, 0.2) is 12.1 Å². The van der Waals surface area contributed by atoms with Crippen molar-refractivity contribution in [2.24, 2.45) is 0 Å². The van der Waals surface area contributed by atoms with Crippen LogP contribution in [-0.4, -0.2) is 5.75 Å². The number of para-hydroxylation sites is 1. The normalized spacial score (nSPS) is 11.1. The molecule has 0 aliphatic carbocycles. The van der Waals surface area contributed by atoms with E-state index >= 15 is 0 Å². The first kappa shape index (κ1) is 15.4. The zero-order valence-electron chi connectivity index (χ0n) is 12.6. The lowest BCUT2D eigenvalue weighted by Gasteiger charge is -2.02. The molecule has 1 aromatic heterocycles. The van der Waals surface area contributed by atoms with Crippen LogP contribution in [0.4, 0.5) is 0 Å². The Balaban J connectivity index is 1.71. The number of hydrogen-bond acceptors (Lipinski definition) is 1. The summed E-state index contributed by atoms with van der Waals surface area (Å²) >= 11 is 2.05. The minimum Gasteiger partial charge on any atom is -0.189 e. The average Bonchev–Trinajstić information content (AvgIpc) is 2.50. The Kier molecular flexibility index (Phi) is 6.93. The molecule has 0 bridgehead atoms. The number of fused-ring (bicyclic) bond motifs is 1. The molecule has 2 heteroatoms. The number of unbranched alkanes of at least 4 members (excludes halogenated alkanes) is 5. The molecule has 0 spiro atoms. The van der Waals surface area contributed by atoms with E-state index in [1.165, 1.54) is 55.2 Å². The minimum atomic E-state index is 1.07. The number of aromatic nitrogens is 1. The maximum atomic E-state index is 2.36. The number of benzene rings is 1. The molecule has 0 fully saturated rings. The van der Waals surface area contributed by atoms with Crippen LogP contribution in [0.5, 0.6) is 0 Å². The summed E-state index contributed by atoms with van der Waals surface area (Å²) in [5, 5.41) is 1.33. The Morgan fingerprint density at radius 1 is 0.900 bits per heavy atom. The number of nitrogens with zero attached hydrogens (tertiary/aromatic N) is 1. The van der Waals surface area contributed by atoms with Crippen molar-refractivity contribution in [1.29, 1.82) is 0 Å². The Bertz CT molecular complexity index is 504. The third-order valence-electron chi connectivity index (χ3n) is 3.66. The van der Waals surface area contributed by atoms with Crippen LogP contribution >= 0.6 is 11.8 Å². The van der Waals surface area contributed by atoms with Gasteiger partial charge >= 0.3 is 0 Å². The molecular weight excluding hydrogens is 262 g/mol. The quantitative estimate of drug-likeness (QED) is 0.454. The van der Waals surface area contributed by atoms with Gasteiger partial charge in [-0.25, -0.2) is 0 Å². The van der Waals surface area contributed by atoms with E-state index in [9.17, 15) is 0 Å². The molecule has 0 saturated heterocycles. The van der Waals surface area contributed by atoms with Crippen LogP contribution in [0, 0.1) is 0 Å². The predicted molar refractivity (Wildman–Crippen MR) is 90.0 cm³/mol. The molecule has 108 valence electrons. The second-order valence-corrected chi connectivity index (χ2v) is 6.42. The smallest absolute Gasteiger partial charge is 0.189 e. The van der Waals surface area contributed by atoms with Gasteiger partial charge in [-0.05, 0) is 24.3 Å². The van der Waals surface area contributed by atoms with Crippen LogP contribution in [0.3, 0.4) is 0 Å². The molecule has 2 aromatic rings. The fourth-order valence-corrected chi connectivity index (χ4v) is 3.44. The van der Waals surface area contributed by atoms with Gasteiger partial charge in [0, 0.05) is 17.5 Å². The summed E-state index contributed by atoms with van der Waals surface area (Å²) in [6, 6.07) is 13.0. The molecule has 1 heterocycles. The highest BCUT2D eigenvalue weighted by Crippen LogP contribution is 2.12. The van der Waals surface area contributed by atoms with Gasteiger partial charge < -0.3 is 0 Å². The summed E-state index contributed by atoms with van der Waals surface area (Å²) in [5.74, 6) is 2.35. The fourth-order valence-electron chi connectivity index (χ4n) is 2.48. The highest BCUT2D eigenvalue weighted by molar-refractivity contribution is 7.98. The van der Waals surface area contributed by atoms with E-state index in [0.717, 1.165) is 5.88 Å². The van der Waals surface area contributed by atoms with E-state index in [-0.39, 0.29) is 0 Å². The molecule has 20 heavy (non-hydrogen) atoms. The van der Waals surface area contributed by atoms with Crippen molar-refractivity contribution in [1.82, 2.24) is 0 Å². The Morgan fingerprint density at radius 2 is 1.65 bits per heavy atom. The van der Waals surface area contributed by atoms with Gasteiger partial charge in [0.05, 0.1) is 0 Å². The van der Waals surface area contributed by atoms with Crippen molar-refractivity contribution >= 4 is 22.7 Å². The molecule has 0 radical (unpaired) electrons. The van der Waals surface area contributed by atoms with Crippen LogP contribution in [-0.2, 0) is 5.88 Å². The van der Waals surface area contributed by atoms with Crippen molar-refractivity contribution in [3.05, 3.63) is 42.6 Å².